The van der Waals surface area contributed by atoms with E-state index in [-0.39, 0.29) is 23.4 Å². The molecule has 0 fully saturated rings. The summed E-state index contributed by atoms with van der Waals surface area (Å²) in [5, 5.41) is 0. The summed E-state index contributed by atoms with van der Waals surface area (Å²) in [4.78, 5) is 12.1. The third-order valence-electron chi connectivity index (χ3n) is 2.72. The van der Waals surface area contributed by atoms with Crippen LogP contribution in [0.15, 0.2) is 18.2 Å². The maximum Gasteiger partial charge on any atom is 0.167 e. The molecule has 0 aliphatic rings. The average molecular weight is 223 g/mol. The number of nitrogens with two attached hydrogens (primary N) is 1. The standard InChI is InChI=1S/C13H18FNO/c1-8(2)12(7-15)13(16)10-4-9(3)5-11(14)6-10/h4-6,8,12H,7,15H2,1-3H3. The van der Waals surface area contributed by atoms with Gasteiger partial charge in [0, 0.05) is 18.0 Å². The number of hydrogen-bond donors (Lipinski definition) is 1. The number of halogens is 1. The summed E-state index contributed by atoms with van der Waals surface area (Å²) in [6, 6.07) is 4.39. The number of hydrogen-bond acceptors (Lipinski definition) is 2. The van der Waals surface area contributed by atoms with Crippen LogP contribution >= 0.6 is 0 Å². The molecule has 0 radical (unpaired) electrons. The fourth-order valence-corrected chi connectivity index (χ4v) is 1.77. The summed E-state index contributed by atoms with van der Waals surface area (Å²) in [5.41, 5.74) is 6.74. The minimum atomic E-state index is -0.372. The molecule has 0 bridgehead atoms. The van der Waals surface area contributed by atoms with E-state index in [1.54, 1.807) is 13.0 Å². The van der Waals surface area contributed by atoms with Gasteiger partial charge in [-0.1, -0.05) is 13.8 Å². The van der Waals surface area contributed by atoms with E-state index >= 15 is 0 Å². The number of aryl methyl sites for hydroxylation is 1. The van der Waals surface area contributed by atoms with Crippen molar-refractivity contribution in [1.82, 2.24) is 0 Å². The Hall–Kier alpha value is -1.22. The molecule has 0 heterocycles. The van der Waals surface area contributed by atoms with Gasteiger partial charge in [-0.15, -0.1) is 0 Å². The molecule has 1 rings (SSSR count). The maximum atomic E-state index is 13.2. The van der Waals surface area contributed by atoms with Gasteiger partial charge in [0.05, 0.1) is 0 Å². The van der Waals surface area contributed by atoms with Crippen molar-refractivity contribution in [3.05, 3.63) is 35.1 Å². The first-order chi connectivity index (χ1) is 7.45. The molecule has 0 saturated carbocycles. The lowest BCUT2D eigenvalue weighted by atomic mass is 9.87. The maximum absolute atomic E-state index is 13.2. The molecule has 2 nitrogen and oxygen atoms in total. The lowest BCUT2D eigenvalue weighted by Gasteiger charge is -2.17. The molecule has 88 valence electrons. The van der Waals surface area contributed by atoms with E-state index in [2.05, 4.69) is 0 Å². The lowest BCUT2D eigenvalue weighted by molar-refractivity contribution is 0.0891. The highest BCUT2D eigenvalue weighted by Gasteiger charge is 2.22. The molecule has 3 heteroatoms. The van der Waals surface area contributed by atoms with E-state index in [1.807, 2.05) is 13.8 Å². The third-order valence-corrected chi connectivity index (χ3v) is 2.72. The number of carbonyl (C=O) groups excluding carboxylic acids is 1. The van der Waals surface area contributed by atoms with E-state index in [0.29, 0.717) is 12.1 Å². The van der Waals surface area contributed by atoms with Crippen molar-refractivity contribution in [2.45, 2.75) is 20.8 Å². The Balaban J connectivity index is 3.03. The second kappa shape index (κ2) is 5.21. The van der Waals surface area contributed by atoms with Crippen molar-refractivity contribution in [2.24, 2.45) is 17.6 Å². The second-order valence-electron chi connectivity index (χ2n) is 4.47. The zero-order chi connectivity index (χ0) is 12.3. The first-order valence-electron chi connectivity index (χ1n) is 5.47. The number of rotatable bonds is 4. The van der Waals surface area contributed by atoms with Gasteiger partial charge in [0.25, 0.3) is 0 Å². The van der Waals surface area contributed by atoms with Gasteiger partial charge in [-0.25, -0.2) is 4.39 Å². The van der Waals surface area contributed by atoms with E-state index in [4.69, 9.17) is 5.73 Å². The molecular weight excluding hydrogens is 205 g/mol. The van der Waals surface area contributed by atoms with Gasteiger partial charge in [-0.2, -0.15) is 0 Å². The van der Waals surface area contributed by atoms with Gasteiger partial charge in [0.2, 0.25) is 0 Å². The van der Waals surface area contributed by atoms with Crippen LogP contribution in [0, 0.1) is 24.6 Å². The van der Waals surface area contributed by atoms with Crippen LogP contribution in [0.3, 0.4) is 0 Å². The van der Waals surface area contributed by atoms with Crippen LogP contribution < -0.4 is 5.73 Å². The Labute approximate surface area is 95.7 Å². The molecule has 0 aromatic heterocycles. The molecule has 0 aliphatic heterocycles. The number of carbonyl (C=O) groups is 1. The monoisotopic (exact) mass is 223 g/mol. The lowest BCUT2D eigenvalue weighted by Crippen LogP contribution is -2.28. The molecule has 2 N–H and O–H groups in total. The van der Waals surface area contributed by atoms with Gasteiger partial charge >= 0.3 is 0 Å². The fourth-order valence-electron chi connectivity index (χ4n) is 1.77. The smallest absolute Gasteiger partial charge is 0.167 e. The highest BCUT2D eigenvalue weighted by atomic mass is 19.1. The Morgan fingerprint density at radius 2 is 2.00 bits per heavy atom. The SMILES string of the molecule is Cc1cc(F)cc(C(=O)C(CN)C(C)C)c1. The van der Waals surface area contributed by atoms with Gasteiger partial charge in [-0.3, -0.25) is 4.79 Å². The van der Waals surface area contributed by atoms with Crippen LogP contribution in [0.25, 0.3) is 0 Å². The van der Waals surface area contributed by atoms with Crippen LogP contribution in [-0.4, -0.2) is 12.3 Å². The van der Waals surface area contributed by atoms with Crippen molar-refractivity contribution < 1.29 is 9.18 Å². The van der Waals surface area contributed by atoms with Crippen LogP contribution in [0.2, 0.25) is 0 Å². The zero-order valence-electron chi connectivity index (χ0n) is 9.96. The number of ketones is 1. The largest absolute Gasteiger partial charge is 0.330 e. The third kappa shape index (κ3) is 2.89. The van der Waals surface area contributed by atoms with Crippen molar-refractivity contribution in [3.8, 4) is 0 Å². The van der Waals surface area contributed by atoms with Gasteiger partial charge < -0.3 is 5.73 Å². The van der Waals surface area contributed by atoms with Crippen molar-refractivity contribution in [1.29, 1.82) is 0 Å². The van der Waals surface area contributed by atoms with E-state index in [9.17, 15) is 9.18 Å². The summed E-state index contributed by atoms with van der Waals surface area (Å²) >= 11 is 0. The Morgan fingerprint density at radius 3 is 2.44 bits per heavy atom. The van der Waals surface area contributed by atoms with E-state index in [0.717, 1.165) is 5.56 Å². The Bertz CT molecular complexity index is 367. The van der Waals surface area contributed by atoms with E-state index in [1.165, 1.54) is 12.1 Å². The number of Topliss-reactive ketones (excluding diaryl/α,β-unsaturated/α-hetero) is 1. The summed E-state index contributed by atoms with van der Waals surface area (Å²) in [6.07, 6.45) is 0. The summed E-state index contributed by atoms with van der Waals surface area (Å²) in [6.45, 7) is 5.96. The molecule has 1 aromatic rings. The number of benzene rings is 1. The van der Waals surface area contributed by atoms with Crippen molar-refractivity contribution >= 4 is 5.78 Å². The predicted octanol–water partition coefficient (Wildman–Crippen LogP) is 2.55. The molecular formula is C13H18FNO. The molecule has 0 saturated heterocycles. The molecule has 1 aromatic carbocycles. The van der Waals surface area contributed by atoms with Crippen molar-refractivity contribution in [3.63, 3.8) is 0 Å². The normalized spacial score (nSPS) is 12.9. The highest BCUT2D eigenvalue weighted by molar-refractivity contribution is 5.98. The predicted molar refractivity (Wildman–Crippen MR) is 62.8 cm³/mol. The first-order valence-corrected chi connectivity index (χ1v) is 5.47. The summed E-state index contributed by atoms with van der Waals surface area (Å²) in [7, 11) is 0. The summed E-state index contributed by atoms with van der Waals surface area (Å²) in [5.74, 6) is -0.509. The molecule has 0 amide bonds. The topological polar surface area (TPSA) is 43.1 Å². The molecule has 16 heavy (non-hydrogen) atoms. The van der Waals surface area contributed by atoms with Crippen LogP contribution in [0.4, 0.5) is 4.39 Å². The average Bonchev–Trinajstić information content (AvgIpc) is 2.16. The van der Waals surface area contributed by atoms with Crippen LogP contribution in [0.1, 0.15) is 29.8 Å². The first kappa shape index (κ1) is 12.8. The molecule has 0 spiro atoms. The molecule has 1 atom stereocenters. The molecule has 0 aliphatic carbocycles. The van der Waals surface area contributed by atoms with Gasteiger partial charge in [0.1, 0.15) is 5.82 Å². The Kier molecular flexibility index (Phi) is 4.19. The quantitative estimate of drug-likeness (QED) is 0.797. The van der Waals surface area contributed by atoms with Crippen molar-refractivity contribution in [2.75, 3.05) is 6.54 Å². The molecule has 1 unspecified atom stereocenters. The van der Waals surface area contributed by atoms with Crippen LogP contribution in [0.5, 0.6) is 0 Å². The van der Waals surface area contributed by atoms with E-state index < -0.39 is 0 Å². The summed E-state index contributed by atoms with van der Waals surface area (Å²) < 4.78 is 13.2. The van der Waals surface area contributed by atoms with Crippen LogP contribution in [-0.2, 0) is 0 Å². The minimum absolute atomic E-state index is 0.0694. The second-order valence-corrected chi connectivity index (χ2v) is 4.47. The fraction of sp³-hybridized carbons (Fsp3) is 0.462. The zero-order valence-corrected chi connectivity index (χ0v) is 9.96. The van der Waals surface area contributed by atoms with Gasteiger partial charge in [-0.05, 0) is 36.6 Å². The minimum Gasteiger partial charge on any atom is -0.330 e. The van der Waals surface area contributed by atoms with Gasteiger partial charge in [0.15, 0.2) is 5.78 Å². The highest BCUT2D eigenvalue weighted by Crippen LogP contribution is 2.18. The Morgan fingerprint density at radius 1 is 1.38 bits per heavy atom.